The molecule has 2 aromatic rings. The highest BCUT2D eigenvalue weighted by molar-refractivity contribution is 5.95. The van der Waals surface area contributed by atoms with Crippen LogP contribution in [0.5, 0.6) is 0 Å². The fourth-order valence-corrected chi connectivity index (χ4v) is 2.91. The molecule has 5 heteroatoms. The topological polar surface area (TPSA) is 52.6 Å². The molecule has 2 atom stereocenters. The number of anilines is 1. The van der Waals surface area contributed by atoms with Crippen LogP contribution in [-0.2, 0) is 4.79 Å². The summed E-state index contributed by atoms with van der Waals surface area (Å²) in [6, 6.07) is 14.7. The van der Waals surface area contributed by atoms with Crippen LogP contribution in [0.15, 0.2) is 54.6 Å². The number of benzene rings is 2. The number of β-amino-alcohol motifs (C(OH)–C–C–N with tert-alkyl or cyclic N) is 1. The van der Waals surface area contributed by atoms with Crippen LogP contribution in [0.25, 0.3) is 0 Å². The van der Waals surface area contributed by atoms with Gasteiger partial charge in [-0.15, -0.1) is 0 Å². The Balaban J connectivity index is 1.82. The van der Waals surface area contributed by atoms with Gasteiger partial charge < -0.3 is 10.4 Å². The van der Waals surface area contributed by atoms with Crippen molar-refractivity contribution in [3.63, 3.8) is 0 Å². The highest BCUT2D eigenvalue weighted by atomic mass is 19.1. The number of aliphatic hydroxyl groups excluding tert-OH is 1. The number of halogens is 1. The molecule has 1 heterocycles. The van der Waals surface area contributed by atoms with Crippen LogP contribution in [0.2, 0.25) is 0 Å². The maximum Gasteiger partial charge on any atom is 0.246 e. The molecule has 0 aliphatic carbocycles. The van der Waals surface area contributed by atoms with E-state index < -0.39 is 12.1 Å². The Kier molecular flexibility index (Phi) is 4.69. The van der Waals surface area contributed by atoms with Crippen molar-refractivity contribution in [2.75, 3.05) is 18.4 Å². The van der Waals surface area contributed by atoms with Crippen LogP contribution in [-0.4, -0.2) is 35.1 Å². The van der Waals surface area contributed by atoms with E-state index in [0.717, 1.165) is 5.56 Å². The lowest BCUT2D eigenvalue weighted by Crippen LogP contribution is -2.36. The van der Waals surface area contributed by atoms with Gasteiger partial charge in [-0.05, 0) is 36.2 Å². The molecule has 0 aromatic heterocycles. The zero-order valence-electron chi connectivity index (χ0n) is 12.7. The predicted octanol–water partition coefficient (Wildman–Crippen LogP) is 2.57. The van der Waals surface area contributed by atoms with Crippen molar-refractivity contribution in [3.8, 4) is 0 Å². The Hall–Kier alpha value is -2.24. The van der Waals surface area contributed by atoms with Gasteiger partial charge >= 0.3 is 0 Å². The predicted molar refractivity (Wildman–Crippen MR) is 86.4 cm³/mol. The van der Waals surface area contributed by atoms with Gasteiger partial charge in [-0.25, -0.2) is 4.39 Å². The summed E-state index contributed by atoms with van der Waals surface area (Å²) in [5.74, 6) is -0.526. The largest absolute Gasteiger partial charge is 0.392 e. The maximum atomic E-state index is 13.0. The van der Waals surface area contributed by atoms with Gasteiger partial charge in [0.05, 0.1) is 6.10 Å². The van der Waals surface area contributed by atoms with Gasteiger partial charge in [0.2, 0.25) is 5.91 Å². The van der Waals surface area contributed by atoms with Crippen LogP contribution in [0.3, 0.4) is 0 Å². The molecule has 4 nitrogen and oxygen atoms in total. The number of carbonyl (C=O) groups excluding carboxylic acids is 1. The molecule has 1 aliphatic heterocycles. The van der Waals surface area contributed by atoms with E-state index in [4.69, 9.17) is 0 Å². The zero-order valence-corrected chi connectivity index (χ0v) is 12.7. The Labute approximate surface area is 134 Å². The third-order valence-corrected chi connectivity index (χ3v) is 4.04. The molecule has 1 aliphatic rings. The minimum Gasteiger partial charge on any atom is -0.392 e. The molecule has 1 saturated heterocycles. The summed E-state index contributed by atoms with van der Waals surface area (Å²) in [7, 11) is 0. The molecule has 120 valence electrons. The normalized spacial score (nSPS) is 19.5. The molecule has 2 N–H and O–H groups in total. The fourth-order valence-electron chi connectivity index (χ4n) is 2.91. The molecular formula is C18H19FN2O2. The summed E-state index contributed by atoms with van der Waals surface area (Å²) in [5.41, 5.74) is 1.43. The number of carbonyl (C=O) groups is 1. The van der Waals surface area contributed by atoms with E-state index >= 15 is 0 Å². The average Bonchev–Trinajstić information content (AvgIpc) is 2.97. The lowest BCUT2D eigenvalue weighted by Gasteiger charge is -2.27. The first-order chi connectivity index (χ1) is 11.1. The second kappa shape index (κ2) is 6.89. The molecule has 0 saturated carbocycles. The first-order valence-electron chi connectivity index (χ1n) is 7.67. The van der Waals surface area contributed by atoms with Crippen LogP contribution in [0.1, 0.15) is 18.0 Å². The minimum absolute atomic E-state index is 0.183. The number of aliphatic hydroxyl groups is 1. The summed E-state index contributed by atoms with van der Waals surface area (Å²) in [6.45, 7) is 1.13. The van der Waals surface area contributed by atoms with Crippen molar-refractivity contribution in [1.29, 1.82) is 0 Å². The number of amides is 1. The van der Waals surface area contributed by atoms with Crippen molar-refractivity contribution in [2.24, 2.45) is 0 Å². The van der Waals surface area contributed by atoms with E-state index in [1.54, 1.807) is 0 Å². The third-order valence-electron chi connectivity index (χ3n) is 4.04. The molecular weight excluding hydrogens is 295 g/mol. The van der Waals surface area contributed by atoms with Crippen LogP contribution < -0.4 is 5.32 Å². The molecule has 0 spiro atoms. The molecule has 1 fully saturated rings. The molecule has 2 aromatic carbocycles. The summed E-state index contributed by atoms with van der Waals surface area (Å²) in [4.78, 5) is 14.7. The smallest absolute Gasteiger partial charge is 0.246 e. The highest BCUT2D eigenvalue weighted by Crippen LogP contribution is 2.26. The van der Waals surface area contributed by atoms with Gasteiger partial charge in [-0.1, -0.05) is 30.3 Å². The van der Waals surface area contributed by atoms with Crippen LogP contribution in [0, 0.1) is 5.82 Å². The summed E-state index contributed by atoms with van der Waals surface area (Å²) in [6.07, 6.45) is 0.257. The monoisotopic (exact) mass is 314 g/mol. The molecule has 0 bridgehead atoms. The van der Waals surface area contributed by atoms with Crippen molar-refractivity contribution in [3.05, 3.63) is 66.0 Å². The van der Waals surface area contributed by atoms with Gasteiger partial charge in [0, 0.05) is 18.8 Å². The van der Waals surface area contributed by atoms with E-state index in [1.807, 2.05) is 35.2 Å². The molecule has 3 rings (SSSR count). The first-order valence-corrected chi connectivity index (χ1v) is 7.67. The van der Waals surface area contributed by atoms with E-state index in [9.17, 15) is 14.3 Å². The minimum atomic E-state index is -0.474. The van der Waals surface area contributed by atoms with Gasteiger partial charge in [-0.3, -0.25) is 9.69 Å². The number of hydrogen-bond donors (Lipinski definition) is 2. The summed E-state index contributed by atoms with van der Waals surface area (Å²) < 4.78 is 13.0. The second-order valence-corrected chi connectivity index (χ2v) is 5.75. The standard InChI is InChI=1S/C18H19FN2O2/c19-14-6-8-15(9-7-14)20-18(23)17(13-4-2-1-3-5-13)21-11-10-16(22)12-21/h1-9,16-17,22H,10-12H2,(H,20,23)/t16-,17-/m0/s1. The molecule has 0 radical (unpaired) electrons. The van der Waals surface area contributed by atoms with Crippen LogP contribution in [0.4, 0.5) is 10.1 Å². The number of rotatable bonds is 4. The Bertz CT molecular complexity index is 660. The number of hydrogen-bond acceptors (Lipinski definition) is 3. The van der Waals surface area contributed by atoms with Crippen molar-refractivity contribution >= 4 is 11.6 Å². The van der Waals surface area contributed by atoms with Gasteiger partial charge in [-0.2, -0.15) is 0 Å². The van der Waals surface area contributed by atoms with Crippen molar-refractivity contribution in [2.45, 2.75) is 18.6 Å². The number of likely N-dealkylation sites (tertiary alicyclic amines) is 1. The van der Waals surface area contributed by atoms with Gasteiger partial charge in [0.1, 0.15) is 11.9 Å². The zero-order chi connectivity index (χ0) is 16.2. The van der Waals surface area contributed by atoms with E-state index in [2.05, 4.69) is 5.32 Å². The molecule has 1 amide bonds. The molecule has 23 heavy (non-hydrogen) atoms. The van der Waals surface area contributed by atoms with Crippen molar-refractivity contribution < 1.29 is 14.3 Å². The third kappa shape index (κ3) is 3.75. The maximum absolute atomic E-state index is 13.0. The summed E-state index contributed by atoms with van der Waals surface area (Å²) >= 11 is 0. The lowest BCUT2D eigenvalue weighted by atomic mass is 10.0. The van der Waals surface area contributed by atoms with E-state index in [-0.39, 0.29) is 11.7 Å². The fraction of sp³-hybridized carbons (Fsp3) is 0.278. The highest BCUT2D eigenvalue weighted by Gasteiger charge is 2.32. The average molecular weight is 314 g/mol. The number of nitrogens with zero attached hydrogens (tertiary/aromatic N) is 1. The number of nitrogens with one attached hydrogen (secondary N) is 1. The van der Waals surface area contributed by atoms with Crippen molar-refractivity contribution in [1.82, 2.24) is 4.90 Å². The molecule has 0 unspecified atom stereocenters. The van der Waals surface area contributed by atoms with Gasteiger partial charge in [0.25, 0.3) is 0 Å². The quantitative estimate of drug-likeness (QED) is 0.912. The SMILES string of the molecule is O=C(Nc1ccc(F)cc1)[C@H](c1ccccc1)N1CC[C@H](O)C1. The Morgan fingerprint density at radius 1 is 1.17 bits per heavy atom. The van der Waals surface area contributed by atoms with E-state index in [0.29, 0.717) is 25.2 Å². The van der Waals surface area contributed by atoms with Crippen LogP contribution >= 0.6 is 0 Å². The second-order valence-electron chi connectivity index (χ2n) is 5.75. The van der Waals surface area contributed by atoms with E-state index in [1.165, 1.54) is 24.3 Å². The Morgan fingerprint density at radius 3 is 2.48 bits per heavy atom. The lowest BCUT2D eigenvalue weighted by molar-refractivity contribution is -0.121. The summed E-state index contributed by atoms with van der Waals surface area (Å²) in [5, 5.41) is 12.6. The first kappa shape index (κ1) is 15.6. The Morgan fingerprint density at radius 2 is 1.87 bits per heavy atom. The van der Waals surface area contributed by atoms with Gasteiger partial charge in [0.15, 0.2) is 0 Å².